The highest BCUT2D eigenvalue weighted by molar-refractivity contribution is 7.99. The van der Waals surface area contributed by atoms with Crippen LogP contribution in [0.3, 0.4) is 0 Å². The predicted octanol–water partition coefficient (Wildman–Crippen LogP) is 6.29. The summed E-state index contributed by atoms with van der Waals surface area (Å²) in [6, 6.07) is 6.11. The van der Waals surface area contributed by atoms with Crippen LogP contribution in [0.5, 0.6) is 5.75 Å². The molecule has 0 saturated carbocycles. The first-order valence-corrected chi connectivity index (χ1v) is 14.9. The number of nitrogens with zero attached hydrogens (tertiary/aromatic N) is 3. The van der Waals surface area contributed by atoms with E-state index in [1.807, 2.05) is 58.2 Å². The summed E-state index contributed by atoms with van der Waals surface area (Å²) >= 11 is 2.81. The van der Waals surface area contributed by atoms with Crippen LogP contribution in [-0.2, 0) is 28.9 Å². The van der Waals surface area contributed by atoms with Crippen LogP contribution in [0.1, 0.15) is 84.4 Å². The van der Waals surface area contributed by atoms with E-state index < -0.39 is 0 Å². The Morgan fingerprint density at radius 2 is 1.82 bits per heavy atom. The van der Waals surface area contributed by atoms with Crippen LogP contribution in [0.25, 0.3) is 0 Å². The number of carbonyl (C=O) groups excluding carboxylic acids is 2. The molecule has 1 N–H and O–H groups in total. The average molecular weight is 557 g/mol. The van der Waals surface area contributed by atoms with Crippen molar-refractivity contribution in [1.29, 1.82) is 0 Å². The number of anilines is 1. The van der Waals surface area contributed by atoms with Gasteiger partial charge in [0.25, 0.3) is 0 Å². The number of esters is 1. The Bertz CT molecular complexity index is 1290. The van der Waals surface area contributed by atoms with E-state index in [1.165, 1.54) is 28.0 Å². The Morgan fingerprint density at radius 3 is 2.50 bits per heavy atom. The van der Waals surface area contributed by atoms with Gasteiger partial charge in [0, 0.05) is 11.4 Å². The van der Waals surface area contributed by atoms with Gasteiger partial charge in [-0.25, -0.2) is 4.79 Å². The molecule has 0 fully saturated rings. The second-order valence-electron chi connectivity index (χ2n) is 9.87. The molecular formula is C28H36N4O4S2. The first kappa shape index (κ1) is 28.2. The number of fused-ring (bicyclic) bond motifs is 1. The molecule has 0 saturated heterocycles. The van der Waals surface area contributed by atoms with Gasteiger partial charge >= 0.3 is 5.97 Å². The van der Waals surface area contributed by atoms with Crippen LogP contribution in [0.15, 0.2) is 23.4 Å². The van der Waals surface area contributed by atoms with E-state index in [-0.39, 0.29) is 29.8 Å². The van der Waals surface area contributed by atoms with Crippen molar-refractivity contribution in [2.75, 3.05) is 11.1 Å². The number of rotatable bonds is 10. The minimum atomic E-state index is -0.365. The van der Waals surface area contributed by atoms with E-state index in [9.17, 15) is 9.59 Å². The molecule has 0 bridgehead atoms. The summed E-state index contributed by atoms with van der Waals surface area (Å²) in [5.74, 6) is 1.08. The van der Waals surface area contributed by atoms with Gasteiger partial charge in [0.15, 0.2) is 17.1 Å². The maximum atomic E-state index is 13.0. The molecule has 2 heterocycles. The summed E-state index contributed by atoms with van der Waals surface area (Å²) in [5.41, 5.74) is 3.83. The maximum absolute atomic E-state index is 13.0. The molecule has 1 atom stereocenters. The minimum Gasteiger partial charge on any atom is -0.483 e. The number of amides is 1. The van der Waals surface area contributed by atoms with Gasteiger partial charge < -0.3 is 19.4 Å². The SMILES string of the molecule is CCn1c(SCC(=O)Nc2sc3c(c2C(=O)OC(C)C)CCCC3)nnc1C(C)Oc1cc(C)cc(C)c1. The Hall–Kier alpha value is -2.85. The lowest BCUT2D eigenvalue weighted by Crippen LogP contribution is -2.19. The summed E-state index contributed by atoms with van der Waals surface area (Å²) < 4.78 is 13.6. The highest BCUT2D eigenvalue weighted by Gasteiger charge is 2.28. The van der Waals surface area contributed by atoms with Crippen LogP contribution in [0, 0.1) is 13.8 Å². The van der Waals surface area contributed by atoms with Gasteiger partial charge in [-0.05, 0) is 96.0 Å². The van der Waals surface area contributed by atoms with E-state index in [0.717, 1.165) is 48.1 Å². The minimum absolute atomic E-state index is 0.145. The van der Waals surface area contributed by atoms with E-state index in [4.69, 9.17) is 9.47 Å². The second kappa shape index (κ2) is 12.3. The highest BCUT2D eigenvalue weighted by Crippen LogP contribution is 2.39. The maximum Gasteiger partial charge on any atom is 0.341 e. The zero-order valence-corrected chi connectivity index (χ0v) is 24.6. The molecule has 1 aliphatic carbocycles. The van der Waals surface area contributed by atoms with Crippen LogP contribution in [-0.4, -0.2) is 38.5 Å². The standard InChI is InChI=1S/C28H36N4O4S2/c1-7-32-25(19(6)36-20-13-17(4)12-18(5)14-20)30-31-28(32)37-15-23(33)29-26-24(27(34)35-16(2)3)21-10-8-9-11-22(21)38-26/h12-14,16,19H,7-11,15H2,1-6H3,(H,29,33). The lowest BCUT2D eigenvalue weighted by molar-refractivity contribution is -0.113. The van der Waals surface area contributed by atoms with E-state index in [2.05, 4.69) is 21.6 Å². The fourth-order valence-electron chi connectivity index (χ4n) is 4.70. The molecule has 1 aromatic carbocycles. The number of aryl methyl sites for hydroxylation is 3. The zero-order valence-electron chi connectivity index (χ0n) is 22.9. The third kappa shape index (κ3) is 6.58. The predicted molar refractivity (Wildman–Crippen MR) is 152 cm³/mol. The number of carbonyl (C=O) groups is 2. The van der Waals surface area contributed by atoms with Crippen molar-refractivity contribution in [3.8, 4) is 5.75 Å². The molecule has 3 aromatic rings. The van der Waals surface area contributed by atoms with E-state index in [0.29, 0.717) is 28.1 Å². The molecule has 1 amide bonds. The van der Waals surface area contributed by atoms with Gasteiger partial charge in [0.2, 0.25) is 5.91 Å². The van der Waals surface area contributed by atoms with Crippen molar-refractivity contribution in [1.82, 2.24) is 14.8 Å². The third-order valence-corrected chi connectivity index (χ3v) is 8.41. The van der Waals surface area contributed by atoms with Crippen LogP contribution in [0.4, 0.5) is 5.00 Å². The zero-order chi connectivity index (χ0) is 27.4. The van der Waals surface area contributed by atoms with Crippen molar-refractivity contribution >= 4 is 40.0 Å². The summed E-state index contributed by atoms with van der Waals surface area (Å²) in [6.07, 6.45) is 3.36. The van der Waals surface area contributed by atoms with Gasteiger partial charge in [0.1, 0.15) is 10.8 Å². The van der Waals surface area contributed by atoms with Gasteiger partial charge in [-0.1, -0.05) is 17.8 Å². The largest absolute Gasteiger partial charge is 0.483 e. The quantitative estimate of drug-likeness (QED) is 0.232. The van der Waals surface area contributed by atoms with Crippen LogP contribution in [0.2, 0.25) is 0 Å². The molecule has 0 aliphatic heterocycles. The Balaban J connectivity index is 1.44. The molecule has 0 spiro atoms. The molecule has 2 aromatic heterocycles. The fraction of sp³-hybridized carbons (Fsp3) is 0.500. The van der Waals surface area contributed by atoms with Gasteiger partial charge in [-0.15, -0.1) is 21.5 Å². The number of thiophene rings is 1. The number of aromatic nitrogens is 3. The second-order valence-corrected chi connectivity index (χ2v) is 11.9. The van der Waals surface area contributed by atoms with Crippen LogP contribution >= 0.6 is 23.1 Å². The topological polar surface area (TPSA) is 95.3 Å². The van der Waals surface area contributed by atoms with Crippen LogP contribution < -0.4 is 10.1 Å². The molecule has 1 aliphatic rings. The average Bonchev–Trinajstić information content (AvgIpc) is 3.42. The van der Waals surface area contributed by atoms with Crippen molar-refractivity contribution in [3.63, 3.8) is 0 Å². The third-order valence-electron chi connectivity index (χ3n) is 6.24. The van der Waals surface area contributed by atoms with E-state index in [1.54, 1.807) is 0 Å². The Kier molecular flexibility index (Phi) is 9.15. The Labute approximate surface area is 232 Å². The van der Waals surface area contributed by atoms with Crippen molar-refractivity contribution in [2.45, 2.75) is 91.1 Å². The monoisotopic (exact) mass is 556 g/mol. The number of nitrogens with one attached hydrogen (secondary N) is 1. The number of hydrogen-bond donors (Lipinski definition) is 1. The highest BCUT2D eigenvalue weighted by atomic mass is 32.2. The fourth-order valence-corrected chi connectivity index (χ4v) is 6.80. The first-order chi connectivity index (χ1) is 18.2. The first-order valence-electron chi connectivity index (χ1n) is 13.1. The normalized spacial score (nSPS) is 13.8. The lowest BCUT2D eigenvalue weighted by Gasteiger charge is -2.16. The smallest absolute Gasteiger partial charge is 0.341 e. The summed E-state index contributed by atoms with van der Waals surface area (Å²) in [6.45, 7) is 12.4. The lowest BCUT2D eigenvalue weighted by atomic mass is 9.95. The molecule has 10 heteroatoms. The summed E-state index contributed by atoms with van der Waals surface area (Å²) in [5, 5.41) is 12.9. The molecule has 1 unspecified atom stereocenters. The van der Waals surface area contributed by atoms with Crippen molar-refractivity contribution < 1.29 is 19.1 Å². The number of hydrogen-bond acceptors (Lipinski definition) is 8. The van der Waals surface area contributed by atoms with Gasteiger partial charge in [-0.3, -0.25) is 4.79 Å². The van der Waals surface area contributed by atoms with Gasteiger partial charge in [0.05, 0.1) is 17.4 Å². The van der Waals surface area contributed by atoms with Gasteiger partial charge in [-0.2, -0.15) is 0 Å². The molecule has 0 radical (unpaired) electrons. The number of ether oxygens (including phenoxy) is 2. The molecular weight excluding hydrogens is 520 g/mol. The number of benzene rings is 1. The van der Waals surface area contributed by atoms with E-state index >= 15 is 0 Å². The summed E-state index contributed by atoms with van der Waals surface area (Å²) in [7, 11) is 0. The van der Waals surface area contributed by atoms with Crippen molar-refractivity contribution in [2.24, 2.45) is 0 Å². The molecule has 38 heavy (non-hydrogen) atoms. The molecule has 204 valence electrons. The molecule has 4 rings (SSSR count). The van der Waals surface area contributed by atoms with Crippen molar-refractivity contribution in [3.05, 3.63) is 51.2 Å². The Morgan fingerprint density at radius 1 is 1.11 bits per heavy atom. The molecule has 8 nitrogen and oxygen atoms in total. The summed E-state index contributed by atoms with van der Waals surface area (Å²) in [4.78, 5) is 27.0. The number of thioether (sulfide) groups is 1.